The van der Waals surface area contributed by atoms with Crippen LogP contribution in [0.1, 0.15) is 113 Å². The zero-order valence-electron chi connectivity index (χ0n) is 31.3. The smallest absolute Gasteiger partial charge is 0.333 e. The van der Waals surface area contributed by atoms with Crippen LogP contribution in [0.3, 0.4) is 0 Å². The molecule has 0 amide bonds. The largest absolute Gasteiger partial charge is 0.463 e. The number of esters is 5. The molecule has 0 aliphatic rings. The van der Waals surface area contributed by atoms with E-state index in [-0.39, 0.29) is 29.8 Å². The third-order valence-electron chi connectivity index (χ3n) is 5.20. The van der Waals surface area contributed by atoms with Crippen LogP contribution < -0.4 is 0 Å². The first kappa shape index (κ1) is 53.5. The summed E-state index contributed by atoms with van der Waals surface area (Å²) < 4.78 is 23.2. The van der Waals surface area contributed by atoms with Crippen molar-refractivity contribution in [3.8, 4) is 0 Å². The summed E-state index contributed by atoms with van der Waals surface area (Å²) in [5.74, 6) is -1.21. The van der Waals surface area contributed by atoms with E-state index in [0.717, 1.165) is 25.0 Å². The molecular weight excluding hydrogens is 616 g/mol. The van der Waals surface area contributed by atoms with E-state index in [4.69, 9.17) is 9.47 Å². The molecule has 0 radical (unpaired) electrons. The number of ether oxygens (including phenoxy) is 5. The normalized spacial score (nSPS) is 8.94. The van der Waals surface area contributed by atoms with Gasteiger partial charge >= 0.3 is 29.8 Å². The van der Waals surface area contributed by atoms with E-state index < -0.39 is 0 Å². The lowest BCUT2D eigenvalue weighted by Gasteiger charge is -2.06. The highest BCUT2D eigenvalue weighted by Gasteiger charge is 2.06. The zero-order valence-corrected chi connectivity index (χ0v) is 31.3. The van der Waals surface area contributed by atoms with Crippen LogP contribution in [0, 0.1) is 5.92 Å². The second-order valence-electron chi connectivity index (χ2n) is 10.2. The van der Waals surface area contributed by atoms with Gasteiger partial charge in [0.2, 0.25) is 0 Å². The van der Waals surface area contributed by atoms with E-state index in [2.05, 4.69) is 54.0 Å². The van der Waals surface area contributed by atoms with Crippen LogP contribution in [-0.2, 0) is 47.7 Å². The average Bonchev–Trinajstić information content (AvgIpc) is 3.07. The summed E-state index contributed by atoms with van der Waals surface area (Å²) in [4.78, 5) is 52.2. The summed E-state index contributed by atoms with van der Waals surface area (Å²) in [5, 5.41) is 0. The van der Waals surface area contributed by atoms with Crippen molar-refractivity contribution in [3.05, 3.63) is 62.3 Å². The van der Waals surface area contributed by atoms with Crippen molar-refractivity contribution in [1.29, 1.82) is 0 Å². The van der Waals surface area contributed by atoms with Gasteiger partial charge in [0, 0.05) is 29.4 Å². The van der Waals surface area contributed by atoms with Crippen molar-refractivity contribution in [3.63, 3.8) is 0 Å². The van der Waals surface area contributed by atoms with Crippen LogP contribution in [0.25, 0.3) is 0 Å². The van der Waals surface area contributed by atoms with Gasteiger partial charge in [-0.05, 0) is 46.5 Å². The molecule has 48 heavy (non-hydrogen) atoms. The standard InChI is InChI=1S/C13H24O2.C9H16O2.C6H10O2.2C5H8O2/c1-3-5-6-7-8-9-10-11-12-15-13(14)4-2;1-5-8(4)9(10)11-6-7(2)3;1-4-8-6(7)5(2)3;2*1-3-5(6)7-4-2/h4H,2-3,5-12H2,1H3;7H,4-6H2,1-3H3;2,4H2,1,3H3;2*3H,1,4H2,2H3. The van der Waals surface area contributed by atoms with Gasteiger partial charge in [-0.25, -0.2) is 24.0 Å². The average molecular weight is 683 g/mol. The summed E-state index contributed by atoms with van der Waals surface area (Å²) in [6.07, 6.45) is 14.3. The second kappa shape index (κ2) is 43.0. The van der Waals surface area contributed by atoms with Gasteiger partial charge in [-0.15, -0.1) is 0 Å². The van der Waals surface area contributed by atoms with Gasteiger partial charge in [0.25, 0.3) is 0 Å². The molecular formula is C38H66O10. The summed E-state index contributed by atoms with van der Waals surface area (Å²) >= 11 is 0. The van der Waals surface area contributed by atoms with E-state index in [1.807, 2.05) is 20.8 Å². The highest BCUT2D eigenvalue weighted by atomic mass is 16.5. The van der Waals surface area contributed by atoms with Gasteiger partial charge in [-0.1, -0.05) is 106 Å². The first-order chi connectivity index (χ1) is 22.7. The Kier molecular flexibility index (Phi) is 48.0. The number of carbonyl (C=O) groups is 5. The fraction of sp³-hybridized carbons (Fsp3) is 0.605. The third-order valence-corrected chi connectivity index (χ3v) is 5.20. The van der Waals surface area contributed by atoms with Gasteiger partial charge in [0.1, 0.15) is 0 Å². The summed E-state index contributed by atoms with van der Waals surface area (Å²) in [7, 11) is 0. The number of unbranched alkanes of at least 4 members (excludes halogenated alkanes) is 7. The minimum absolute atomic E-state index is 0.263. The Morgan fingerprint density at radius 1 is 0.562 bits per heavy atom. The van der Waals surface area contributed by atoms with Crippen molar-refractivity contribution >= 4 is 29.8 Å². The maximum atomic E-state index is 11.0. The molecule has 0 aliphatic carbocycles. The molecule has 0 bridgehead atoms. The first-order valence-electron chi connectivity index (χ1n) is 16.7. The second-order valence-corrected chi connectivity index (χ2v) is 10.2. The molecule has 0 rings (SSSR count). The maximum Gasteiger partial charge on any atom is 0.333 e. The predicted molar refractivity (Wildman–Crippen MR) is 194 cm³/mol. The first-order valence-corrected chi connectivity index (χ1v) is 16.7. The molecule has 0 unspecified atom stereocenters. The minimum atomic E-state index is -0.359. The van der Waals surface area contributed by atoms with Gasteiger partial charge in [0.15, 0.2) is 0 Å². The lowest BCUT2D eigenvalue weighted by Crippen LogP contribution is -2.10. The van der Waals surface area contributed by atoms with E-state index in [0.29, 0.717) is 56.5 Å². The molecule has 0 heterocycles. The lowest BCUT2D eigenvalue weighted by molar-refractivity contribution is -0.140. The minimum Gasteiger partial charge on any atom is -0.463 e. The fourth-order valence-corrected chi connectivity index (χ4v) is 2.61. The molecule has 0 atom stereocenters. The Hall–Kier alpha value is -3.95. The quantitative estimate of drug-likeness (QED) is 0.0532. The molecule has 0 aromatic heterocycles. The summed E-state index contributed by atoms with van der Waals surface area (Å²) in [5.41, 5.74) is 0.998. The molecule has 0 saturated heterocycles. The number of hydrogen-bond acceptors (Lipinski definition) is 10. The molecule has 0 spiro atoms. The van der Waals surface area contributed by atoms with Crippen LogP contribution in [0.5, 0.6) is 0 Å². The predicted octanol–water partition coefficient (Wildman–Crippen LogP) is 8.60. The molecule has 0 fully saturated rings. The Labute approximate surface area is 291 Å². The van der Waals surface area contributed by atoms with Crippen LogP contribution in [0.4, 0.5) is 0 Å². The van der Waals surface area contributed by atoms with E-state index >= 15 is 0 Å². The Bertz CT molecular complexity index is 881. The van der Waals surface area contributed by atoms with Crippen molar-refractivity contribution in [2.24, 2.45) is 5.92 Å². The Balaban J connectivity index is -0.000000167. The number of rotatable bonds is 20. The van der Waals surface area contributed by atoms with Crippen molar-refractivity contribution in [1.82, 2.24) is 0 Å². The van der Waals surface area contributed by atoms with Crippen molar-refractivity contribution in [2.45, 2.75) is 113 Å². The van der Waals surface area contributed by atoms with Crippen LogP contribution >= 0.6 is 0 Å². The van der Waals surface area contributed by atoms with Gasteiger partial charge < -0.3 is 23.7 Å². The van der Waals surface area contributed by atoms with Crippen LogP contribution in [0.2, 0.25) is 0 Å². The highest BCUT2D eigenvalue weighted by molar-refractivity contribution is 5.87. The van der Waals surface area contributed by atoms with Crippen molar-refractivity contribution < 1.29 is 47.7 Å². The summed E-state index contributed by atoms with van der Waals surface area (Å²) in [6, 6.07) is 0. The molecule has 0 aliphatic heterocycles. The summed E-state index contributed by atoms with van der Waals surface area (Å²) in [6.45, 7) is 34.0. The molecule has 278 valence electrons. The molecule has 0 saturated carbocycles. The van der Waals surface area contributed by atoms with Gasteiger partial charge in [0.05, 0.1) is 33.0 Å². The molecule has 10 nitrogen and oxygen atoms in total. The Morgan fingerprint density at radius 2 is 0.958 bits per heavy atom. The number of carbonyl (C=O) groups excluding carboxylic acids is 5. The van der Waals surface area contributed by atoms with Crippen LogP contribution in [-0.4, -0.2) is 62.9 Å². The molecule has 0 aromatic rings. The van der Waals surface area contributed by atoms with Crippen LogP contribution in [0.15, 0.2) is 62.3 Å². The Morgan fingerprint density at radius 3 is 1.25 bits per heavy atom. The highest BCUT2D eigenvalue weighted by Crippen LogP contribution is 2.08. The lowest BCUT2D eigenvalue weighted by atomic mass is 10.1. The topological polar surface area (TPSA) is 132 Å². The zero-order chi connectivity index (χ0) is 38.2. The molecule has 0 aromatic carbocycles. The molecule has 0 N–H and O–H groups in total. The number of hydrogen-bond donors (Lipinski definition) is 0. The fourth-order valence-electron chi connectivity index (χ4n) is 2.61. The van der Waals surface area contributed by atoms with E-state index in [1.54, 1.807) is 27.7 Å². The van der Waals surface area contributed by atoms with Gasteiger partial charge in [-0.2, -0.15) is 0 Å². The maximum absolute atomic E-state index is 11.0. The van der Waals surface area contributed by atoms with Crippen molar-refractivity contribution in [2.75, 3.05) is 33.0 Å². The molecule has 10 heteroatoms. The monoisotopic (exact) mass is 682 g/mol. The van der Waals surface area contributed by atoms with E-state index in [1.165, 1.54) is 44.6 Å². The third kappa shape index (κ3) is 51.6. The SMILES string of the molecule is C=C(C)C(=O)OCC.C=C(CC)C(=O)OCC(C)C.C=CC(=O)OCC.C=CC(=O)OCC.C=CC(=O)OCCCCCCCCCC. The van der Waals surface area contributed by atoms with Gasteiger partial charge in [-0.3, -0.25) is 0 Å². The van der Waals surface area contributed by atoms with E-state index in [9.17, 15) is 24.0 Å².